The molecule has 1 aromatic heterocycles. The van der Waals surface area contributed by atoms with Crippen LogP contribution in [-0.2, 0) is 16.1 Å². The van der Waals surface area contributed by atoms with Crippen LogP contribution < -0.4 is 10.7 Å². The molecule has 0 bridgehead atoms. The van der Waals surface area contributed by atoms with E-state index < -0.39 is 0 Å². The van der Waals surface area contributed by atoms with Crippen LogP contribution in [0.1, 0.15) is 86.2 Å². The normalized spacial score (nSPS) is 15.6. The van der Waals surface area contributed by atoms with Crippen LogP contribution in [0.4, 0.5) is 11.5 Å². The number of aromatic nitrogens is 2. The average molecular weight is 609 g/mol. The number of nitriles is 1. The van der Waals surface area contributed by atoms with Crippen molar-refractivity contribution in [3.63, 3.8) is 0 Å². The Morgan fingerprint density at radius 3 is 2.16 bits per heavy atom. The van der Waals surface area contributed by atoms with Gasteiger partial charge in [-0.15, -0.1) is 0 Å². The second-order valence-corrected chi connectivity index (χ2v) is 10.3. The molecule has 44 heavy (non-hydrogen) atoms. The number of likely N-dealkylation sites (tertiary alicyclic amines) is 2. The van der Waals surface area contributed by atoms with Gasteiger partial charge in [0.15, 0.2) is 6.29 Å². The first-order valence-corrected chi connectivity index (χ1v) is 15.1. The van der Waals surface area contributed by atoms with Gasteiger partial charge in [-0.05, 0) is 82.5 Å². The lowest BCUT2D eigenvalue weighted by atomic mass is 9.96. The van der Waals surface area contributed by atoms with Crippen molar-refractivity contribution >= 4 is 36.8 Å². The van der Waals surface area contributed by atoms with E-state index in [4.69, 9.17) is 25.1 Å². The number of carbonyl (C=O) groups excluding carboxylic acids is 2. The highest BCUT2D eigenvalue weighted by molar-refractivity contribution is 5.95. The van der Waals surface area contributed by atoms with Crippen LogP contribution >= 0.6 is 0 Å². The molecule has 0 atom stereocenters. The standard InChI is InChI=1S/C26H37N7O.C3H3NO.C2H6.CH2O2/c1-19-8-14-33(15-9-19)17-20-4-6-22(7-5-20)29-26-23(18-34)24(16-28-27-2)30-25(31-26)21-10-12-32(3)13-11-21;4-2-1-3-5;1-2;2-1-3/h4-7,16,18-19,21,27H,8-15,17H2,1-3H3,(H,29,30,31);3H,1H2;1-2H3;1H,(H,2,3)/b28-16-;;;. The van der Waals surface area contributed by atoms with E-state index >= 15 is 0 Å². The van der Waals surface area contributed by atoms with Gasteiger partial charge in [0.1, 0.15) is 17.9 Å². The molecule has 0 saturated carbocycles. The number of piperidine rings is 2. The van der Waals surface area contributed by atoms with E-state index in [1.807, 2.05) is 13.8 Å². The molecule has 4 rings (SSSR count). The van der Waals surface area contributed by atoms with Crippen molar-refractivity contribution in [2.24, 2.45) is 11.0 Å². The van der Waals surface area contributed by atoms with Gasteiger partial charge in [-0.3, -0.25) is 14.5 Å². The lowest BCUT2D eigenvalue weighted by Crippen LogP contribution is -2.32. The van der Waals surface area contributed by atoms with Crippen LogP contribution in [-0.4, -0.2) is 90.4 Å². The molecular weight excluding hydrogens is 560 g/mol. The Morgan fingerprint density at radius 1 is 1.05 bits per heavy atom. The molecule has 0 amide bonds. The molecule has 12 nitrogen and oxygen atoms in total. The molecule has 2 saturated heterocycles. The predicted molar refractivity (Wildman–Crippen MR) is 173 cm³/mol. The first kappa shape index (κ1) is 37.8. The number of hydrazone groups is 1. The van der Waals surface area contributed by atoms with Gasteiger partial charge in [0.05, 0.1) is 30.0 Å². The maximum Gasteiger partial charge on any atom is 0.290 e. The molecule has 2 fully saturated rings. The van der Waals surface area contributed by atoms with Crippen molar-refractivity contribution in [3.05, 3.63) is 46.9 Å². The molecule has 1 aromatic carbocycles. The third-order valence-electron chi connectivity index (χ3n) is 7.18. The van der Waals surface area contributed by atoms with Gasteiger partial charge in [-0.2, -0.15) is 10.4 Å². The number of aldehydes is 2. The zero-order chi connectivity index (χ0) is 32.7. The van der Waals surface area contributed by atoms with Crippen LogP contribution in [0.5, 0.6) is 0 Å². The Bertz CT molecular complexity index is 1180. The molecule has 3 heterocycles. The molecular formula is C32H48N8O4. The van der Waals surface area contributed by atoms with E-state index in [-0.39, 0.29) is 18.8 Å². The summed E-state index contributed by atoms with van der Waals surface area (Å²) in [5.74, 6) is 2.42. The fourth-order valence-electron chi connectivity index (χ4n) is 4.74. The third kappa shape index (κ3) is 13.4. The summed E-state index contributed by atoms with van der Waals surface area (Å²) < 4.78 is 0. The molecule has 2 aliphatic heterocycles. The molecule has 2 aromatic rings. The van der Waals surface area contributed by atoms with Crippen molar-refractivity contribution in [1.82, 2.24) is 25.2 Å². The van der Waals surface area contributed by atoms with Gasteiger partial charge in [-0.25, -0.2) is 9.97 Å². The van der Waals surface area contributed by atoms with Crippen LogP contribution in [0.25, 0.3) is 0 Å². The topological polar surface area (TPSA) is 164 Å². The number of carboxylic acid groups (broad SMARTS) is 1. The van der Waals surface area contributed by atoms with Crippen LogP contribution in [0.3, 0.4) is 0 Å². The predicted octanol–water partition coefficient (Wildman–Crippen LogP) is 4.45. The van der Waals surface area contributed by atoms with Crippen LogP contribution in [0, 0.1) is 17.2 Å². The van der Waals surface area contributed by atoms with Crippen molar-refractivity contribution in [3.8, 4) is 6.07 Å². The van der Waals surface area contributed by atoms with E-state index in [2.05, 4.69) is 63.9 Å². The van der Waals surface area contributed by atoms with E-state index in [0.29, 0.717) is 23.4 Å². The van der Waals surface area contributed by atoms with Gasteiger partial charge in [0.2, 0.25) is 0 Å². The van der Waals surface area contributed by atoms with Crippen molar-refractivity contribution < 1.29 is 19.5 Å². The number of carbonyl (C=O) groups is 3. The Morgan fingerprint density at radius 2 is 1.66 bits per heavy atom. The largest absolute Gasteiger partial charge is 0.483 e. The zero-order valence-corrected chi connectivity index (χ0v) is 26.7. The zero-order valence-electron chi connectivity index (χ0n) is 26.7. The van der Waals surface area contributed by atoms with Crippen LogP contribution in [0.2, 0.25) is 0 Å². The lowest BCUT2D eigenvalue weighted by molar-refractivity contribution is -0.122. The SMILES string of the molecule is CC.CN/N=C\c1nc(C2CCN(C)CC2)nc(Nc2ccc(CN3CCC(C)CC3)cc2)c1C=O.N#CCC=O.O=CO. The molecule has 0 unspecified atom stereocenters. The number of nitrogens with zero attached hydrogens (tertiary/aromatic N) is 6. The third-order valence-corrected chi connectivity index (χ3v) is 7.18. The van der Waals surface area contributed by atoms with Crippen LogP contribution in [0.15, 0.2) is 29.4 Å². The first-order valence-electron chi connectivity index (χ1n) is 15.1. The maximum atomic E-state index is 12.0. The summed E-state index contributed by atoms with van der Waals surface area (Å²) in [6.07, 6.45) is 7.55. The molecule has 0 spiro atoms. The number of rotatable bonds is 9. The van der Waals surface area contributed by atoms with Crippen molar-refractivity contribution in [2.75, 3.05) is 45.6 Å². The number of hydrogen-bond acceptors (Lipinski definition) is 11. The molecule has 240 valence electrons. The average Bonchev–Trinajstić information content (AvgIpc) is 3.04. The fourth-order valence-corrected chi connectivity index (χ4v) is 4.74. The monoisotopic (exact) mass is 608 g/mol. The summed E-state index contributed by atoms with van der Waals surface area (Å²) in [5.41, 5.74) is 5.90. The Balaban J connectivity index is 0.000000853. The van der Waals surface area contributed by atoms with E-state index in [1.165, 1.54) is 31.5 Å². The summed E-state index contributed by atoms with van der Waals surface area (Å²) in [7, 11) is 3.86. The minimum absolute atomic E-state index is 0.0139. The van der Waals surface area contributed by atoms with Gasteiger partial charge >= 0.3 is 0 Å². The number of nitrogens with one attached hydrogen (secondary N) is 2. The second kappa shape index (κ2) is 22.3. The van der Waals surface area contributed by atoms with E-state index in [9.17, 15) is 9.59 Å². The Kier molecular flexibility index (Phi) is 19.2. The minimum atomic E-state index is -0.250. The second-order valence-electron chi connectivity index (χ2n) is 10.3. The fraction of sp³-hybridized carbons (Fsp3) is 0.531. The molecule has 0 radical (unpaired) electrons. The van der Waals surface area contributed by atoms with E-state index in [1.54, 1.807) is 19.3 Å². The summed E-state index contributed by atoms with van der Waals surface area (Å²) >= 11 is 0. The minimum Gasteiger partial charge on any atom is -0.483 e. The van der Waals surface area contributed by atoms with Crippen molar-refractivity contribution in [1.29, 1.82) is 5.26 Å². The first-order chi connectivity index (χ1) is 21.4. The summed E-state index contributed by atoms with van der Waals surface area (Å²) in [4.78, 5) is 43.9. The Hall–Kier alpha value is -4.21. The highest BCUT2D eigenvalue weighted by Crippen LogP contribution is 2.28. The van der Waals surface area contributed by atoms with Gasteiger partial charge in [-0.1, -0.05) is 32.9 Å². The lowest BCUT2D eigenvalue weighted by Gasteiger charge is -2.30. The molecule has 3 N–H and O–H groups in total. The van der Waals surface area contributed by atoms with Crippen molar-refractivity contribution in [2.45, 2.75) is 65.3 Å². The number of hydrogen-bond donors (Lipinski definition) is 3. The highest BCUT2D eigenvalue weighted by atomic mass is 16.3. The quantitative estimate of drug-likeness (QED) is 0.209. The Labute approximate surface area is 261 Å². The van der Waals surface area contributed by atoms with E-state index in [0.717, 1.165) is 56.2 Å². The summed E-state index contributed by atoms with van der Waals surface area (Å²) in [6.45, 7) is 11.4. The number of anilines is 2. The summed E-state index contributed by atoms with van der Waals surface area (Å²) in [6, 6.07) is 10.1. The smallest absolute Gasteiger partial charge is 0.290 e. The highest BCUT2D eigenvalue weighted by Gasteiger charge is 2.24. The van der Waals surface area contributed by atoms with Gasteiger partial charge in [0, 0.05) is 25.2 Å². The maximum absolute atomic E-state index is 12.0. The number of benzene rings is 1. The summed E-state index contributed by atoms with van der Waals surface area (Å²) in [5, 5.41) is 22.0. The van der Waals surface area contributed by atoms with Gasteiger partial charge < -0.3 is 25.5 Å². The molecule has 12 heteroatoms. The molecule has 0 aliphatic carbocycles. The van der Waals surface area contributed by atoms with Gasteiger partial charge in [0.25, 0.3) is 6.47 Å². The molecule has 2 aliphatic rings.